The minimum absolute atomic E-state index is 0.0428. The molecule has 2 aromatic carbocycles. The van der Waals surface area contributed by atoms with Gasteiger partial charge in [0.25, 0.3) is 5.88 Å². The van der Waals surface area contributed by atoms with Crippen LogP contribution in [0.15, 0.2) is 66.7 Å². The normalized spacial score (nSPS) is 15.2. The van der Waals surface area contributed by atoms with Crippen molar-refractivity contribution in [3.8, 4) is 11.9 Å². The summed E-state index contributed by atoms with van der Waals surface area (Å²) in [6, 6.07) is 18.1. The average molecular weight is 612 g/mol. The lowest BCUT2D eigenvalue weighted by atomic mass is 9.93. The molecule has 240 valence electrons. The minimum Gasteiger partial charge on any atom is -0.471 e. The average Bonchev–Trinajstić information content (AvgIpc) is 3.57. The number of aryl methyl sites for hydroxylation is 2. The molecule has 6 heteroatoms. The van der Waals surface area contributed by atoms with Crippen LogP contribution in [-0.2, 0) is 6.61 Å². The summed E-state index contributed by atoms with van der Waals surface area (Å²) in [4.78, 5) is 17.7. The van der Waals surface area contributed by atoms with E-state index in [2.05, 4.69) is 29.5 Å². The summed E-state index contributed by atoms with van der Waals surface area (Å²) in [5.74, 6) is 1.14. The van der Waals surface area contributed by atoms with Crippen molar-refractivity contribution in [3.05, 3.63) is 106 Å². The number of Topliss-reactive ketones (excluding diaryl/α,β-unsaturated/α-hetero) is 1. The summed E-state index contributed by atoms with van der Waals surface area (Å²) in [7, 11) is 0. The van der Waals surface area contributed by atoms with E-state index < -0.39 is 5.82 Å². The highest BCUT2D eigenvalue weighted by molar-refractivity contribution is 5.94. The lowest BCUT2D eigenvalue weighted by Crippen LogP contribution is -2.34. The van der Waals surface area contributed by atoms with Gasteiger partial charge in [0.1, 0.15) is 6.61 Å². The Morgan fingerprint density at radius 2 is 1.67 bits per heavy atom. The van der Waals surface area contributed by atoms with Crippen molar-refractivity contribution in [2.24, 2.45) is 5.92 Å². The molecule has 5 nitrogen and oxygen atoms in total. The standard InChI is InChI=1S/C22H24FN3O.C10H12O.C7H14/c1-16(2)14-26-11-9-19(10-12-26)21-8-7-20(23)22(25-21)27-15-18-5-3-17(13-24)4-6-18;1-7-4-5-10(9(3)11)6-8(7)2;1-2-7-5-3-4-6-7/h3-8,19H,1,9-12,14-15H2,2H3;4-6H,1-3H3;7H,2-6H2,1H3. The van der Waals surface area contributed by atoms with Crippen LogP contribution in [0.5, 0.6) is 5.88 Å². The molecule has 5 rings (SSSR count). The molecule has 1 saturated carbocycles. The van der Waals surface area contributed by atoms with Crippen molar-refractivity contribution in [1.82, 2.24) is 9.88 Å². The number of likely N-dealkylation sites (tertiary alicyclic amines) is 1. The third-order valence-electron chi connectivity index (χ3n) is 8.76. The van der Waals surface area contributed by atoms with E-state index in [1.54, 1.807) is 37.3 Å². The summed E-state index contributed by atoms with van der Waals surface area (Å²) in [5, 5.41) is 8.84. The zero-order valence-corrected chi connectivity index (χ0v) is 27.9. The van der Waals surface area contributed by atoms with Gasteiger partial charge in [-0.05, 0) is 107 Å². The van der Waals surface area contributed by atoms with Crippen LogP contribution in [0.3, 0.4) is 0 Å². The molecule has 1 aromatic heterocycles. The van der Waals surface area contributed by atoms with E-state index >= 15 is 0 Å². The number of aromatic nitrogens is 1. The van der Waals surface area contributed by atoms with Crippen LogP contribution in [0.1, 0.15) is 110 Å². The quantitative estimate of drug-likeness (QED) is 0.187. The number of rotatable bonds is 8. The number of ketones is 1. The Morgan fingerprint density at radius 1 is 1.00 bits per heavy atom. The second-order valence-electron chi connectivity index (χ2n) is 12.5. The van der Waals surface area contributed by atoms with Crippen LogP contribution in [0, 0.1) is 36.9 Å². The summed E-state index contributed by atoms with van der Waals surface area (Å²) in [5.41, 5.74) is 6.73. The molecule has 2 heterocycles. The first kappa shape index (κ1) is 35.7. The lowest BCUT2D eigenvalue weighted by Gasteiger charge is -2.31. The number of nitriles is 1. The van der Waals surface area contributed by atoms with E-state index in [1.807, 2.05) is 39.0 Å². The minimum atomic E-state index is -0.452. The van der Waals surface area contributed by atoms with Crippen LogP contribution in [-0.4, -0.2) is 35.3 Å². The Bertz CT molecular complexity index is 1430. The number of hydrogen-bond acceptors (Lipinski definition) is 5. The lowest BCUT2D eigenvalue weighted by molar-refractivity contribution is 0.101. The van der Waals surface area contributed by atoms with Crippen molar-refractivity contribution in [1.29, 1.82) is 5.26 Å². The van der Waals surface area contributed by atoms with Gasteiger partial charge in [-0.3, -0.25) is 9.69 Å². The number of halogens is 1. The molecule has 0 amide bonds. The maximum absolute atomic E-state index is 14.1. The van der Waals surface area contributed by atoms with Gasteiger partial charge in [0.15, 0.2) is 11.6 Å². The van der Waals surface area contributed by atoms with E-state index in [1.165, 1.54) is 54.9 Å². The second kappa shape index (κ2) is 18.2. The van der Waals surface area contributed by atoms with Gasteiger partial charge in [0, 0.05) is 23.7 Å². The van der Waals surface area contributed by atoms with Crippen LogP contribution < -0.4 is 4.74 Å². The molecule has 1 aliphatic carbocycles. The molecule has 0 unspecified atom stereocenters. The fourth-order valence-electron chi connectivity index (χ4n) is 5.74. The molecule has 0 radical (unpaired) electrons. The summed E-state index contributed by atoms with van der Waals surface area (Å²) < 4.78 is 19.7. The molecule has 0 spiro atoms. The number of ether oxygens (including phenoxy) is 1. The molecular weight excluding hydrogens is 561 g/mol. The monoisotopic (exact) mass is 611 g/mol. The van der Waals surface area contributed by atoms with Crippen LogP contribution >= 0.6 is 0 Å². The number of hydrogen-bond donors (Lipinski definition) is 0. The number of pyridine rings is 1. The first-order valence-corrected chi connectivity index (χ1v) is 16.3. The molecule has 0 atom stereocenters. The van der Waals surface area contributed by atoms with E-state index in [9.17, 15) is 9.18 Å². The summed E-state index contributed by atoms with van der Waals surface area (Å²) in [6.07, 6.45) is 9.44. The highest BCUT2D eigenvalue weighted by Gasteiger charge is 2.22. The largest absolute Gasteiger partial charge is 0.471 e. The van der Waals surface area contributed by atoms with Crippen molar-refractivity contribution in [2.75, 3.05) is 19.6 Å². The van der Waals surface area contributed by atoms with Crippen molar-refractivity contribution in [2.45, 2.75) is 92.1 Å². The van der Waals surface area contributed by atoms with Crippen LogP contribution in [0.4, 0.5) is 4.39 Å². The number of carbonyl (C=O) groups excluding carboxylic acids is 1. The zero-order chi connectivity index (χ0) is 32.8. The first-order chi connectivity index (χ1) is 21.6. The summed E-state index contributed by atoms with van der Waals surface area (Å²) in [6.45, 7) is 17.1. The number of benzene rings is 2. The molecule has 1 saturated heterocycles. The van der Waals surface area contributed by atoms with Gasteiger partial charge in [-0.2, -0.15) is 5.26 Å². The Kier molecular flexibility index (Phi) is 14.4. The Hall–Kier alpha value is -3.82. The Balaban J connectivity index is 0.000000249. The van der Waals surface area contributed by atoms with Crippen LogP contribution in [0.25, 0.3) is 0 Å². The van der Waals surface area contributed by atoms with Gasteiger partial charge < -0.3 is 4.74 Å². The highest BCUT2D eigenvalue weighted by Crippen LogP contribution is 2.29. The molecule has 1 aliphatic heterocycles. The Labute approximate surface area is 270 Å². The van der Waals surface area contributed by atoms with Crippen LogP contribution in [0.2, 0.25) is 0 Å². The number of piperidine rings is 1. The predicted octanol–water partition coefficient (Wildman–Crippen LogP) is 9.52. The van der Waals surface area contributed by atoms with Crippen molar-refractivity contribution in [3.63, 3.8) is 0 Å². The van der Waals surface area contributed by atoms with E-state index in [-0.39, 0.29) is 18.3 Å². The molecular formula is C39H50FN3O2. The fourth-order valence-corrected chi connectivity index (χ4v) is 5.74. The topological polar surface area (TPSA) is 66.2 Å². The smallest absolute Gasteiger partial charge is 0.250 e. The maximum Gasteiger partial charge on any atom is 0.250 e. The van der Waals surface area contributed by atoms with E-state index in [4.69, 9.17) is 10.00 Å². The van der Waals surface area contributed by atoms with E-state index in [0.717, 1.165) is 55.2 Å². The summed E-state index contributed by atoms with van der Waals surface area (Å²) >= 11 is 0. The third-order valence-corrected chi connectivity index (χ3v) is 8.76. The van der Waals surface area contributed by atoms with Gasteiger partial charge in [-0.15, -0.1) is 0 Å². The highest BCUT2D eigenvalue weighted by atomic mass is 19.1. The molecule has 2 aliphatic rings. The Morgan fingerprint density at radius 3 is 2.20 bits per heavy atom. The van der Waals surface area contributed by atoms with Crippen molar-refractivity contribution < 1.29 is 13.9 Å². The first-order valence-electron chi connectivity index (χ1n) is 16.3. The molecule has 2 fully saturated rings. The van der Waals surface area contributed by atoms with Crippen molar-refractivity contribution >= 4 is 5.78 Å². The third kappa shape index (κ3) is 11.9. The SMILES string of the molecule is C=C(C)CN1CCC(c2ccc(F)c(OCc3ccc(C#N)cc3)n2)CC1.CC(=O)c1ccc(C)c(C)c1.CCC1CCCC1. The van der Waals surface area contributed by atoms with Gasteiger partial charge in [0.2, 0.25) is 0 Å². The number of carbonyl (C=O) groups is 1. The molecule has 0 N–H and O–H groups in total. The zero-order valence-electron chi connectivity index (χ0n) is 27.9. The van der Waals surface area contributed by atoms with Gasteiger partial charge in [-0.1, -0.05) is 75.4 Å². The number of nitrogens with zero attached hydrogens (tertiary/aromatic N) is 3. The van der Waals surface area contributed by atoms with E-state index in [0.29, 0.717) is 11.5 Å². The predicted molar refractivity (Wildman–Crippen MR) is 181 cm³/mol. The second-order valence-corrected chi connectivity index (χ2v) is 12.5. The van der Waals surface area contributed by atoms with Gasteiger partial charge in [-0.25, -0.2) is 9.37 Å². The van der Waals surface area contributed by atoms with Gasteiger partial charge >= 0.3 is 0 Å². The molecule has 3 aromatic rings. The molecule has 0 bridgehead atoms. The maximum atomic E-state index is 14.1. The molecule has 45 heavy (non-hydrogen) atoms. The fraction of sp³-hybridized carbons (Fsp3) is 0.462. The van der Waals surface area contributed by atoms with Gasteiger partial charge in [0.05, 0.1) is 11.6 Å².